The summed E-state index contributed by atoms with van der Waals surface area (Å²) >= 11 is 6.20. The fraction of sp³-hybridized carbons (Fsp3) is 0.312. The summed E-state index contributed by atoms with van der Waals surface area (Å²) < 4.78 is 10.1. The molecule has 0 atom stereocenters. The number of carbonyl (C=O) groups is 1. The molecule has 0 saturated carbocycles. The third kappa shape index (κ3) is 3.74. The number of carbonyl (C=O) groups excluding carboxylic acids is 1. The highest BCUT2D eigenvalue weighted by atomic mass is 35.5. The summed E-state index contributed by atoms with van der Waals surface area (Å²) in [6.07, 6.45) is 1.68. The van der Waals surface area contributed by atoms with E-state index in [2.05, 4.69) is 20.2 Å². The van der Waals surface area contributed by atoms with Crippen LogP contribution in [0.1, 0.15) is 10.4 Å². The molecular formula is C16H17ClN4O3. The van der Waals surface area contributed by atoms with Crippen molar-refractivity contribution in [3.8, 4) is 0 Å². The maximum Gasteiger partial charge on any atom is 0.337 e. The molecule has 2 heterocycles. The molecule has 1 N–H and O–H groups in total. The summed E-state index contributed by atoms with van der Waals surface area (Å²) in [5, 5.41) is 3.60. The molecule has 0 bridgehead atoms. The molecule has 1 aliphatic heterocycles. The average molecular weight is 349 g/mol. The second-order valence-electron chi connectivity index (χ2n) is 5.15. The van der Waals surface area contributed by atoms with Gasteiger partial charge in [-0.3, -0.25) is 0 Å². The van der Waals surface area contributed by atoms with Crippen molar-refractivity contribution in [1.82, 2.24) is 9.97 Å². The molecule has 1 fully saturated rings. The minimum absolute atomic E-state index is 0.409. The number of morpholine rings is 1. The number of nitrogens with zero attached hydrogens (tertiary/aromatic N) is 3. The number of aromatic nitrogens is 2. The van der Waals surface area contributed by atoms with E-state index in [1.165, 1.54) is 7.11 Å². The summed E-state index contributed by atoms with van der Waals surface area (Å²) in [6, 6.07) is 6.62. The highest BCUT2D eigenvalue weighted by Crippen LogP contribution is 2.26. The van der Waals surface area contributed by atoms with Crippen LogP contribution in [-0.4, -0.2) is 49.4 Å². The molecule has 0 aliphatic carbocycles. The Morgan fingerprint density at radius 3 is 2.88 bits per heavy atom. The highest BCUT2D eigenvalue weighted by Gasteiger charge is 2.15. The summed E-state index contributed by atoms with van der Waals surface area (Å²) in [4.78, 5) is 22.5. The van der Waals surface area contributed by atoms with Gasteiger partial charge in [-0.15, -0.1) is 0 Å². The summed E-state index contributed by atoms with van der Waals surface area (Å²) in [6.45, 7) is 2.83. The Balaban J connectivity index is 1.82. The fourth-order valence-electron chi connectivity index (χ4n) is 2.34. The number of methoxy groups -OCH3 is 1. The van der Waals surface area contributed by atoms with E-state index in [-0.39, 0.29) is 0 Å². The van der Waals surface area contributed by atoms with E-state index in [9.17, 15) is 4.79 Å². The largest absolute Gasteiger partial charge is 0.465 e. The van der Waals surface area contributed by atoms with Gasteiger partial charge in [0.05, 0.1) is 36.6 Å². The molecule has 0 unspecified atom stereocenters. The van der Waals surface area contributed by atoms with Gasteiger partial charge in [0.25, 0.3) is 0 Å². The molecule has 2 aromatic rings. The van der Waals surface area contributed by atoms with Crippen LogP contribution in [0.25, 0.3) is 0 Å². The monoisotopic (exact) mass is 348 g/mol. The van der Waals surface area contributed by atoms with Crippen molar-refractivity contribution in [2.75, 3.05) is 43.6 Å². The maximum atomic E-state index is 11.7. The van der Waals surface area contributed by atoms with Crippen molar-refractivity contribution < 1.29 is 14.3 Å². The van der Waals surface area contributed by atoms with Gasteiger partial charge in [-0.05, 0) is 24.3 Å². The molecule has 126 valence electrons. The minimum Gasteiger partial charge on any atom is -0.465 e. The average Bonchev–Trinajstić information content (AvgIpc) is 2.64. The number of halogens is 1. The molecule has 0 radical (unpaired) electrons. The van der Waals surface area contributed by atoms with Crippen LogP contribution in [0.3, 0.4) is 0 Å². The lowest BCUT2D eigenvalue weighted by molar-refractivity contribution is 0.0601. The zero-order valence-corrected chi connectivity index (χ0v) is 13.9. The molecule has 24 heavy (non-hydrogen) atoms. The number of esters is 1. The van der Waals surface area contributed by atoms with Crippen molar-refractivity contribution in [3.63, 3.8) is 0 Å². The van der Waals surface area contributed by atoms with Crippen LogP contribution in [-0.2, 0) is 9.47 Å². The lowest BCUT2D eigenvalue weighted by atomic mass is 10.2. The van der Waals surface area contributed by atoms with Crippen molar-refractivity contribution in [2.24, 2.45) is 0 Å². The van der Waals surface area contributed by atoms with Gasteiger partial charge >= 0.3 is 5.97 Å². The van der Waals surface area contributed by atoms with E-state index in [4.69, 9.17) is 21.1 Å². The normalized spacial score (nSPS) is 14.3. The van der Waals surface area contributed by atoms with Crippen molar-refractivity contribution in [1.29, 1.82) is 0 Å². The number of benzene rings is 1. The Morgan fingerprint density at radius 1 is 1.33 bits per heavy atom. The second-order valence-corrected chi connectivity index (χ2v) is 5.56. The predicted molar refractivity (Wildman–Crippen MR) is 91.1 cm³/mol. The Morgan fingerprint density at radius 2 is 2.12 bits per heavy atom. The Kier molecular flexibility index (Phi) is 5.12. The standard InChI is InChI=1S/C16H17ClN4O3/c1-23-15(22)11-2-3-12(17)13(10-11)19-14-4-5-18-16(20-14)21-6-8-24-9-7-21/h2-5,10H,6-9H2,1H3,(H,18,19,20). The van der Waals surface area contributed by atoms with Crippen LogP contribution in [0.2, 0.25) is 5.02 Å². The van der Waals surface area contributed by atoms with E-state index in [1.54, 1.807) is 30.5 Å². The Bertz CT molecular complexity index is 735. The van der Waals surface area contributed by atoms with E-state index in [1.807, 2.05) is 0 Å². The van der Waals surface area contributed by atoms with Crippen molar-refractivity contribution >= 4 is 35.0 Å². The van der Waals surface area contributed by atoms with Gasteiger partial charge in [0.15, 0.2) is 0 Å². The first-order chi connectivity index (χ1) is 11.7. The van der Waals surface area contributed by atoms with Crippen LogP contribution in [0.15, 0.2) is 30.5 Å². The third-order valence-electron chi connectivity index (χ3n) is 3.59. The number of ether oxygens (including phenoxy) is 2. The van der Waals surface area contributed by atoms with E-state index >= 15 is 0 Å². The minimum atomic E-state index is -0.425. The molecule has 1 saturated heterocycles. The van der Waals surface area contributed by atoms with Gasteiger partial charge in [-0.1, -0.05) is 11.6 Å². The molecule has 3 rings (SSSR count). The lowest BCUT2D eigenvalue weighted by Crippen LogP contribution is -2.37. The van der Waals surface area contributed by atoms with E-state index < -0.39 is 5.97 Å². The number of rotatable bonds is 4. The first-order valence-electron chi connectivity index (χ1n) is 7.48. The van der Waals surface area contributed by atoms with Crippen LogP contribution in [0, 0.1) is 0 Å². The van der Waals surface area contributed by atoms with Gasteiger partial charge in [-0.25, -0.2) is 9.78 Å². The van der Waals surface area contributed by atoms with Gasteiger partial charge < -0.3 is 19.7 Å². The van der Waals surface area contributed by atoms with E-state index in [0.29, 0.717) is 41.3 Å². The smallest absolute Gasteiger partial charge is 0.337 e. The lowest BCUT2D eigenvalue weighted by Gasteiger charge is -2.26. The number of anilines is 3. The number of hydrogen-bond donors (Lipinski definition) is 1. The molecule has 7 nitrogen and oxygen atoms in total. The number of nitrogens with one attached hydrogen (secondary N) is 1. The zero-order chi connectivity index (χ0) is 16.9. The molecule has 1 aromatic heterocycles. The molecule has 0 spiro atoms. The molecular weight excluding hydrogens is 332 g/mol. The van der Waals surface area contributed by atoms with Crippen molar-refractivity contribution in [3.05, 3.63) is 41.0 Å². The van der Waals surface area contributed by atoms with Gasteiger partial charge in [0, 0.05) is 19.3 Å². The Hall–Kier alpha value is -2.38. The second kappa shape index (κ2) is 7.46. The summed E-state index contributed by atoms with van der Waals surface area (Å²) in [7, 11) is 1.34. The van der Waals surface area contributed by atoms with E-state index in [0.717, 1.165) is 13.1 Å². The quantitative estimate of drug-likeness (QED) is 0.850. The number of hydrogen-bond acceptors (Lipinski definition) is 7. The Labute approximate surface area is 144 Å². The molecule has 1 aromatic carbocycles. The summed E-state index contributed by atoms with van der Waals surface area (Å²) in [5.74, 6) is 0.797. The van der Waals surface area contributed by atoms with Crippen LogP contribution in [0.4, 0.5) is 17.5 Å². The SMILES string of the molecule is COC(=O)c1ccc(Cl)c(Nc2ccnc(N3CCOCC3)n2)c1. The maximum absolute atomic E-state index is 11.7. The van der Waals surface area contributed by atoms with Crippen LogP contribution in [0.5, 0.6) is 0 Å². The predicted octanol–water partition coefficient (Wildman–Crippen LogP) is 2.50. The summed E-state index contributed by atoms with van der Waals surface area (Å²) in [5.41, 5.74) is 0.984. The van der Waals surface area contributed by atoms with Crippen LogP contribution >= 0.6 is 11.6 Å². The molecule has 8 heteroatoms. The molecule has 0 amide bonds. The van der Waals surface area contributed by atoms with Gasteiger partial charge in [-0.2, -0.15) is 4.98 Å². The van der Waals surface area contributed by atoms with Crippen molar-refractivity contribution in [2.45, 2.75) is 0 Å². The molecule has 1 aliphatic rings. The fourth-order valence-corrected chi connectivity index (χ4v) is 2.50. The third-order valence-corrected chi connectivity index (χ3v) is 3.92. The zero-order valence-electron chi connectivity index (χ0n) is 13.2. The first kappa shape index (κ1) is 16.5. The first-order valence-corrected chi connectivity index (χ1v) is 7.86. The topological polar surface area (TPSA) is 76.6 Å². The van der Waals surface area contributed by atoms with Crippen LogP contribution < -0.4 is 10.2 Å². The highest BCUT2D eigenvalue weighted by molar-refractivity contribution is 6.33. The van der Waals surface area contributed by atoms with Gasteiger partial charge in [0.1, 0.15) is 5.82 Å². The van der Waals surface area contributed by atoms with Gasteiger partial charge in [0.2, 0.25) is 5.95 Å².